The van der Waals surface area contributed by atoms with Gasteiger partial charge in [0, 0.05) is 17.7 Å². The molecule has 8 heteroatoms. The Morgan fingerprint density at radius 3 is 1.82 bits per heavy atom. The standard InChI is InChI=1S/C26H30O8/c1-32-22-11-7-20(9-13-26(30)31)17-24(22)34-15-5-3-2-4-14-33-23-16-19(8-12-25(28)29)6-10-21(23)18-27/h6-13,16-17,27H,2-5,14-15,18H2,1H3,(H,28,29)(H,30,31)/b12-8+,13-9+. The number of carbonyl (C=O) groups is 2. The summed E-state index contributed by atoms with van der Waals surface area (Å²) in [4.78, 5) is 21.4. The van der Waals surface area contributed by atoms with Gasteiger partial charge in [-0.25, -0.2) is 9.59 Å². The van der Waals surface area contributed by atoms with Crippen LogP contribution in [0.2, 0.25) is 0 Å². The third-order valence-corrected chi connectivity index (χ3v) is 4.84. The minimum absolute atomic E-state index is 0.160. The van der Waals surface area contributed by atoms with Crippen molar-refractivity contribution < 1.29 is 39.1 Å². The fraction of sp³-hybridized carbons (Fsp3) is 0.308. The molecule has 3 N–H and O–H groups in total. The first-order valence-corrected chi connectivity index (χ1v) is 10.9. The lowest BCUT2D eigenvalue weighted by atomic mass is 10.1. The summed E-state index contributed by atoms with van der Waals surface area (Å²) in [5, 5.41) is 27.0. The number of carboxylic acid groups (broad SMARTS) is 2. The van der Waals surface area contributed by atoms with Gasteiger partial charge in [0.15, 0.2) is 11.5 Å². The number of hydrogen-bond acceptors (Lipinski definition) is 6. The van der Waals surface area contributed by atoms with Crippen LogP contribution >= 0.6 is 0 Å². The van der Waals surface area contributed by atoms with Gasteiger partial charge in [0.2, 0.25) is 0 Å². The predicted molar refractivity (Wildman–Crippen MR) is 128 cm³/mol. The Labute approximate surface area is 198 Å². The maximum absolute atomic E-state index is 10.7. The Morgan fingerprint density at radius 1 is 0.765 bits per heavy atom. The Bertz CT molecular complexity index is 928. The highest BCUT2D eigenvalue weighted by Gasteiger charge is 2.06. The molecule has 0 fully saturated rings. The van der Waals surface area contributed by atoms with Crippen LogP contribution in [-0.2, 0) is 16.2 Å². The third kappa shape index (κ3) is 9.38. The SMILES string of the molecule is COc1ccc(/C=C/C(=O)O)cc1OCCCCCCOc1cc(/C=C/C(=O)O)ccc1CO. The normalized spacial score (nSPS) is 11.1. The van der Waals surface area contributed by atoms with E-state index in [9.17, 15) is 14.7 Å². The van der Waals surface area contributed by atoms with Crippen molar-refractivity contribution in [3.05, 3.63) is 65.2 Å². The Balaban J connectivity index is 1.74. The number of benzene rings is 2. The van der Waals surface area contributed by atoms with Crippen molar-refractivity contribution in [2.75, 3.05) is 20.3 Å². The second-order valence-corrected chi connectivity index (χ2v) is 7.39. The summed E-state index contributed by atoms with van der Waals surface area (Å²) in [5.74, 6) is -0.355. The van der Waals surface area contributed by atoms with Crippen LogP contribution in [0.3, 0.4) is 0 Å². The van der Waals surface area contributed by atoms with Crippen molar-refractivity contribution in [3.8, 4) is 17.2 Å². The second-order valence-electron chi connectivity index (χ2n) is 7.39. The summed E-state index contributed by atoms with van der Waals surface area (Å²) in [6.07, 6.45) is 8.60. The number of aliphatic hydroxyl groups is 1. The molecule has 182 valence electrons. The highest BCUT2D eigenvalue weighted by molar-refractivity contribution is 5.85. The number of hydrogen-bond donors (Lipinski definition) is 3. The molecular weight excluding hydrogens is 440 g/mol. The summed E-state index contributed by atoms with van der Waals surface area (Å²) in [5.41, 5.74) is 2.04. The van der Waals surface area contributed by atoms with E-state index in [1.54, 1.807) is 43.5 Å². The van der Waals surface area contributed by atoms with Gasteiger partial charge in [-0.3, -0.25) is 0 Å². The van der Waals surface area contributed by atoms with E-state index in [1.807, 2.05) is 0 Å². The molecule has 0 aliphatic carbocycles. The summed E-state index contributed by atoms with van der Waals surface area (Å²) in [6.45, 7) is 0.814. The van der Waals surface area contributed by atoms with E-state index in [0.717, 1.165) is 37.8 Å². The molecule has 0 spiro atoms. The topological polar surface area (TPSA) is 123 Å². The van der Waals surface area contributed by atoms with E-state index in [-0.39, 0.29) is 6.61 Å². The van der Waals surface area contributed by atoms with Crippen LogP contribution in [0, 0.1) is 0 Å². The minimum atomic E-state index is -1.03. The van der Waals surface area contributed by atoms with Gasteiger partial charge in [0.25, 0.3) is 0 Å². The number of methoxy groups -OCH3 is 1. The van der Waals surface area contributed by atoms with Crippen molar-refractivity contribution >= 4 is 24.1 Å². The lowest BCUT2D eigenvalue weighted by Gasteiger charge is -2.12. The van der Waals surface area contributed by atoms with E-state index in [4.69, 9.17) is 24.4 Å². The first-order valence-electron chi connectivity index (χ1n) is 10.9. The van der Waals surface area contributed by atoms with Crippen LogP contribution in [0.4, 0.5) is 0 Å². The van der Waals surface area contributed by atoms with Crippen LogP contribution in [0.25, 0.3) is 12.2 Å². The molecule has 0 heterocycles. The van der Waals surface area contributed by atoms with Gasteiger partial charge >= 0.3 is 11.9 Å². The second kappa shape index (κ2) is 14.4. The van der Waals surface area contributed by atoms with Crippen LogP contribution in [-0.4, -0.2) is 47.6 Å². The van der Waals surface area contributed by atoms with Gasteiger partial charge in [-0.05, 0) is 67.2 Å². The van der Waals surface area contributed by atoms with Gasteiger partial charge in [-0.15, -0.1) is 0 Å². The van der Waals surface area contributed by atoms with Crippen molar-refractivity contribution in [2.24, 2.45) is 0 Å². The number of aliphatic hydroxyl groups excluding tert-OH is 1. The molecule has 0 radical (unpaired) electrons. The lowest BCUT2D eigenvalue weighted by molar-refractivity contribution is -0.132. The molecule has 34 heavy (non-hydrogen) atoms. The highest BCUT2D eigenvalue weighted by Crippen LogP contribution is 2.29. The fourth-order valence-corrected chi connectivity index (χ4v) is 3.11. The van der Waals surface area contributed by atoms with Crippen LogP contribution in [0.5, 0.6) is 17.2 Å². The molecule has 0 unspecified atom stereocenters. The number of unbranched alkanes of at least 4 members (excludes halogenated alkanes) is 3. The fourth-order valence-electron chi connectivity index (χ4n) is 3.11. The zero-order valence-electron chi connectivity index (χ0n) is 19.1. The Hall–Kier alpha value is -3.78. The largest absolute Gasteiger partial charge is 0.493 e. The zero-order valence-corrected chi connectivity index (χ0v) is 19.1. The summed E-state index contributed by atoms with van der Waals surface area (Å²) in [6, 6.07) is 10.4. The molecule has 2 rings (SSSR count). The molecular formula is C26H30O8. The Kier molecular flexibility index (Phi) is 11.2. The molecule has 0 saturated heterocycles. The maximum Gasteiger partial charge on any atom is 0.328 e. The van der Waals surface area contributed by atoms with Gasteiger partial charge < -0.3 is 29.5 Å². The van der Waals surface area contributed by atoms with Crippen molar-refractivity contribution in [1.29, 1.82) is 0 Å². The molecule has 2 aromatic carbocycles. The average Bonchev–Trinajstić information content (AvgIpc) is 2.83. The predicted octanol–water partition coefficient (Wildman–Crippen LogP) is 4.40. The van der Waals surface area contributed by atoms with Crippen molar-refractivity contribution in [2.45, 2.75) is 32.3 Å². The molecule has 0 atom stereocenters. The summed E-state index contributed by atoms with van der Waals surface area (Å²) < 4.78 is 16.9. The summed E-state index contributed by atoms with van der Waals surface area (Å²) in [7, 11) is 1.55. The molecule has 0 aliphatic rings. The Morgan fingerprint density at radius 2 is 1.29 bits per heavy atom. The minimum Gasteiger partial charge on any atom is -0.493 e. The van der Waals surface area contributed by atoms with Crippen LogP contribution in [0.1, 0.15) is 42.4 Å². The van der Waals surface area contributed by atoms with E-state index in [0.29, 0.717) is 47.2 Å². The van der Waals surface area contributed by atoms with E-state index < -0.39 is 11.9 Å². The lowest BCUT2D eigenvalue weighted by Crippen LogP contribution is -2.02. The first kappa shape index (κ1) is 26.5. The average molecular weight is 471 g/mol. The van der Waals surface area contributed by atoms with E-state index >= 15 is 0 Å². The molecule has 2 aromatic rings. The smallest absolute Gasteiger partial charge is 0.328 e. The molecule has 0 bridgehead atoms. The quantitative estimate of drug-likeness (QED) is 0.259. The molecule has 0 aliphatic heterocycles. The van der Waals surface area contributed by atoms with Crippen LogP contribution in [0.15, 0.2) is 48.6 Å². The number of rotatable bonds is 15. The van der Waals surface area contributed by atoms with Gasteiger partial charge in [-0.2, -0.15) is 0 Å². The summed E-state index contributed by atoms with van der Waals surface area (Å²) >= 11 is 0. The van der Waals surface area contributed by atoms with Gasteiger partial charge in [0.1, 0.15) is 5.75 Å². The molecule has 8 nitrogen and oxygen atoms in total. The van der Waals surface area contributed by atoms with Gasteiger partial charge in [-0.1, -0.05) is 18.2 Å². The number of ether oxygens (including phenoxy) is 3. The van der Waals surface area contributed by atoms with Crippen molar-refractivity contribution in [1.82, 2.24) is 0 Å². The van der Waals surface area contributed by atoms with E-state index in [2.05, 4.69) is 0 Å². The third-order valence-electron chi connectivity index (χ3n) is 4.84. The van der Waals surface area contributed by atoms with Crippen molar-refractivity contribution in [3.63, 3.8) is 0 Å². The number of aliphatic carboxylic acids is 2. The van der Waals surface area contributed by atoms with Crippen LogP contribution < -0.4 is 14.2 Å². The number of carboxylic acids is 2. The molecule has 0 amide bonds. The molecule has 0 aromatic heterocycles. The zero-order chi connectivity index (χ0) is 24.8. The highest BCUT2D eigenvalue weighted by atomic mass is 16.5. The molecule has 0 saturated carbocycles. The van der Waals surface area contributed by atoms with Gasteiger partial charge in [0.05, 0.1) is 26.9 Å². The monoisotopic (exact) mass is 470 g/mol. The van der Waals surface area contributed by atoms with E-state index in [1.165, 1.54) is 12.2 Å². The first-order chi connectivity index (χ1) is 16.4. The maximum atomic E-state index is 10.7.